The monoisotopic (exact) mass is 534 g/mol. The molecule has 3 aromatic rings. The third-order valence-corrected chi connectivity index (χ3v) is 6.36. The lowest BCUT2D eigenvalue weighted by atomic mass is 9.95. The van der Waals surface area contributed by atoms with E-state index in [9.17, 15) is 14.7 Å². The number of aliphatic hydroxyl groups is 1. The van der Waals surface area contributed by atoms with E-state index in [2.05, 4.69) is 19.0 Å². The van der Waals surface area contributed by atoms with Crippen molar-refractivity contribution in [2.45, 2.75) is 46.6 Å². The molecule has 0 bridgehead atoms. The molecule has 4 rings (SSSR count). The van der Waals surface area contributed by atoms with Crippen molar-refractivity contribution in [1.29, 1.82) is 0 Å². The fourth-order valence-electron chi connectivity index (χ4n) is 4.31. The fraction of sp³-hybridized carbons (Fsp3) is 0.367. The summed E-state index contributed by atoms with van der Waals surface area (Å²) >= 11 is 0. The third kappa shape index (κ3) is 5.92. The smallest absolute Gasteiger partial charge is 0.301 e. The van der Waals surface area contributed by atoms with Crippen LogP contribution in [0.25, 0.3) is 5.76 Å². The fourth-order valence-corrected chi connectivity index (χ4v) is 4.31. The largest absolute Gasteiger partial charge is 0.507 e. The van der Waals surface area contributed by atoms with Crippen molar-refractivity contribution in [2.75, 3.05) is 25.2 Å². The molecule has 206 valence electrons. The minimum absolute atomic E-state index is 0.0709. The molecular weight excluding hydrogens is 500 g/mol. The molecule has 9 nitrogen and oxygen atoms in total. The van der Waals surface area contributed by atoms with Crippen LogP contribution in [0.4, 0.5) is 5.82 Å². The van der Waals surface area contributed by atoms with E-state index in [1.165, 1.54) is 12.0 Å². The number of methoxy groups -OCH3 is 1. The lowest BCUT2D eigenvalue weighted by molar-refractivity contribution is -0.132. The van der Waals surface area contributed by atoms with E-state index in [-0.39, 0.29) is 17.2 Å². The normalized spacial score (nSPS) is 16.7. The Bertz CT molecular complexity index is 1360. The standard InChI is InChI=1S/C30H34N2O7/c1-6-14-37-22-10-7-20(8-11-22)28(33)26-27(32(30(35)29(26)34)25-16-19(4)39-31-25)21-9-12-23(24(17-21)36-5)38-15-13-18(2)3/h7-12,16-18,27,33H,6,13-15H2,1-5H3/b28-26+. The highest BCUT2D eigenvalue weighted by molar-refractivity contribution is 6.51. The van der Waals surface area contributed by atoms with Crippen LogP contribution in [0.15, 0.2) is 58.6 Å². The molecule has 0 aliphatic carbocycles. The molecule has 39 heavy (non-hydrogen) atoms. The summed E-state index contributed by atoms with van der Waals surface area (Å²) in [6, 6.07) is 12.5. The average molecular weight is 535 g/mol. The summed E-state index contributed by atoms with van der Waals surface area (Å²) in [7, 11) is 1.52. The number of ketones is 1. The molecule has 1 atom stereocenters. The number of hydrogen-bond acceptors (Lipinski definition) is 8. The summed E-state index contributed by atoms with van der Waals surface area (Å²) in [6.07, 6.45) is 1.73. The predicted molar refractivity (Wildman–Crippen MR) is 146 cm³/mol. The summed E-state index contributed by atoms with van der Waals surface area (Å²) in [6.45, 7) is 9.01. The van der Waals surface area contributed by atoms with E-state index < -0.39 is 17.7 Å². The lowest BCUT2D eigenvalue weighted by Crippen LogP contribution is -2.29. The number of carbonyl (C=O) groups excluding carboxylic acids is 2. The molecule has 2 aromatic carbocycles. The van der Waals surface area contributed by atoms with Gasteiger partial charge in [0.2, 0.25) is 0 Å². The zero-order chi connectivity index (χ0) is 28.1. The average Bonchev–Trinajstić information content (AvgIpc) is 3.47. The second kappa shape index (κ2) is 12.1. The quantitative estimate of drug-likeness (QED) is 0.186. The van der Waals surface area contributed by atoms with E-state index in [4.69, 9.17) is 18.7 Å². The predicted octanol–water partition coefficient (Wildman–Crippen LogP) is 5.83. The van der Waals surface area contributed by atoms with Crippen LogP contribution in [-0.4, -0.2) is 42.3 Å². The molecular formula is C30H34N2O7. The van der Waals surface area contributed by atoms with Crippen molar-refractivity contribution in [3.05, 3.63) is 71.0 Å². The van der Waals surface area contributed by atoms with Crippen LogP contribution in [0.2, 0.25) is 0 Å². The Balaban J connectivity index is 1.80. The minimum atomic E-state index is -0.982. The van der Waals surface area contributed by atoms with E-state index in [1.54, 1.807) is 55.5 Å². The summed E-state index contributed by atoms with van der Waals surface area (Å²) in [4.78, 5) is 27.9. The van der Waals surface area contributed by atoms with E-state index in [0.29, 0.717) is 53.3 Å². The molecule has 0 saturated carbocycles. The van der Waals surface area contributed by atoms with Gasteiger partial charge in [-0.3, -0.25) is 14.5 Å². The van der Waals surface area contributed by atoms with E-state index in [1.807, 2.05) is 6.92 Å². The Hall–Kier alpha value is -4.27. The number of anilines is 1. The van der Waals surface area contributed by atoms with Gasteiger partial charge in [0.25, 0.3) is 5.78 Å². The molecule has 1 aromatic heterocycles. The van der Waals surface area contributed by atoms with Gasteiger partial charge in [0.15, 0.2) is 17.3 Å². The molecule has 1 amide bonds. The van der Waals surface area contributed by atoms with Crippen LogP contribution in [0, 0.1) is 12.8 Å². The second-order valence-electron chi connectivity index (χ2n) is 9.78. The maximum Gasteiger partial charge on any atom is 0.301 e. The summed E-state index contributed by atoms with van der Waals surface area (Å²) < 4.78 is 22.3. The first kappa shape index (κ1) is 27.8. The van der Waals surface area contributed by atoms with Crippen LogP contribution in [0.3, 0.4) is 0 Å². The first-order valence-electron chi connectivity index (χ1n) is 13.0. The molecule has 1 aliphatic heterocycles. The molecule has 9 heteroatoms. The third-order valence-electron chi connectivity index (χ3n) is 6.36. The number of aliphatic hydroxyl groups excluding tert-OH is 1. The zero-order valence-corrected chi connectivity index (χ0v) is 22.9. The van der Waals surface area contributed by atoms with Crippen LogP contribution in [-0.2, 0) is 9.59 Å². The SMILES string of the molecule is CCCOc1ccc(/C(O)=C2\C(=O)C(=O)N(c3cc(C)on3)C2c2ccc(OCCC(C)C)c(OC)c2)cc1. The van der Waals surface area contributed by atoms with E-state index in [0.717, 1.165) is 12.8 Å². The maximum absolute atomic E-state index is 13.4. The van der Waals surface area contributed by atoms with Gasteiger partial charge in [0.1, 0.15) is 17.3 Å². The highest BCUT2D eigenvalue weighted by Gasteiger charge is 2.48. The first-order chi connectivity index (χ1) is 18.7. The molecule has 1 saturated heterocycles. The number of rotatable bonds is 11. The van der Waals surface area contributed by atoms with Gasteiger partial charge in [0.05, 0.1) is 31.9 Å². The van der Waals surface area contributed by atoms with Gasteiger partial charge in [-0.25, -0.2) is 0 Å². The van der Waals surface area contributed by atoms with Gasteiger partial charge in [0, 0.05) is 11.6 Å². The number of Topliss-reactive ketones (excluding diaryl/α,β-unsaturated/α-hetero) is 1. The number of aryl methyl sites for hydroxylation is 1. The lowest BCUT2D eigenvalue weighted by Gasteiger charge is -2.24. The number of ether oxygens (including phenoxy) is 3. The summed E-state index contributed by atoms with van der Waals surface area (Å²) in [5, 5.41) is 15.3. The number of nitrogens with zero attached hydrogens (tertiary/aromatic N) is 2. The van der Waals surface area contributed by atoms with Crippen molar-refractivity contribution >= 4 is 23.3 Å². The number of benzene rings is 2. The van der Waals surface area contributed by atoms with Crippen LogP contribution in [0.5, 0.6) is 17.2 Å². The molecule has 1 aliphatic rings. The molecule has 1 fully saturated rings. The number of aromatic nitrogens is 1. The Morgan fingerprint density at radius 1 is 1.05 bits per heavy atom. The van der Waals surface area contributed by atoms with Gasteiger partial charge in [-0.15, -0.1) is 0 Å². The minimum Gasteiger partial charge on any atom is -0.507 e. The van der Waals surface area contributed by atoms with Gasteiger partial charge in [-0.05, 0) is 67.6 Å². The van der Waals surface area contributed by atoms with Crippen molar-refractivity contribution in [3.63, 3.8) is 0 Å². The molecule has 0 radical (unpaired) electrons. The van der Waals surface area contributed by atoms with Crippen LogP contribution < -0.4 is 19.1 Å². The molecule has 2 heterocycles. The van der Waals surface area contributed by atoms with E-state index >= 15 is 0 Å². The Labute approximate surface area is 228 Å². The molecule has 0 spiro atoms. The van der Waals surface area contributed by atoms with Crippen molar-refractivity contribution in [2.24, 2.45) is 5.92 Å². The van der Waals surface area contributed by atoms with Gasteiger partial charge in [-0.2, -0.15) is 0 Å². The maximum atomic E-state index is 13.4. The summed E-state index contributed by atoms with van der Waals surface area (Å²) in [5.74, 6) is 0.774. The highest BCUT2D eigenvalue weighted by atomic mass is 16.5. The number of hydrogen-bond donors (Lipinski definition) is 1. The van der Waals surface area contributed by atoms with Gasteiger partial charge in [-0.1, -0.05) is 32.0 Å². The van der Waals surface area contributed by atoms with Gasteiger partial charge >= 0.3 is 5.91 Å². The second-order valence-corrected chi connectivity index (χ2v) is 9.78. The number of amides is 1. The highest BCUT2D eigenvalue weighted by Crippen LogP contribution is 2.44. The van der Waals surface area contributed by atoms with Crippen molar-refractivity contribution in [1.82, 2.24) is 5.16 Å². The Morgan fingerprint density at radius 2 is 1.79 bits per heavy atom. The Kier molecular flexibility index (Phi) is 8.59. The van der Waals surface area contributed by atoms with Crippen molar-refractivity contribution in [3.8, 4) is 17.2 Å². The zero-order valence-electron chi connectivity index (χ0n) is 22.9. The van der Waals surface area contributed by atoms with Crippen LogP contribution >= 0.6 is 0 Å². The molecule has 1 N–H and O–H groups in total. The summed E-state index contributed by atoms with van der Waals surface area (Å²) in [5.41, 5.74) is 0.838. The van der Waals surface area contributed by atoms with Crippen LogP contribution in [0.1, 0.15) is 56.5 Å². The Morgan fingerprint density at radius 3 is 2.41 bits per heavy atom. The molecule has 1 unspecified atom stereocenters. The van der Waals surface area contributed by atoms with Crippen molar-refractivity contribution < 1.29 is 33.4 Å². The topological polar surface area (TPSA) is 111 Å². The van der Waals surface area contributed by atoms with Gasteiger partial charge < -0.3 is 23.8 Å². The number of carbonyl (C=O) groups is 2. The first-order valence-corrected chi connectivity index (χ1v) is 13.0.